The third-order valence-electron chi connectivity index (χ3n) is 5.55. The summed E-state index contributed by atoms with van der Waals surface area (Å²) in [7, 11) is 0. The summed E-state index contributed by atoms with van der Waals surface area (Å²) in [6.07, 6.45) is -0.787. The third-order valence-corrected chi connectivity index (χ3v) is 5.86. The highest BCUT2D eigenvalue weighted by atomic mass is 35.5. The Bertz CT molecular complexity index is 1360. The van der Waals surface area contributed by atoms with Crippen LogP contribution in [0.5, 0.6) is 11.6 Å². The van der Waals surface area contributed by atoms with Gasteiger partial charge in [-0.05, 0) is 25.0 Å². The average Bonchev–Trinajstić information content (AvgIpc) is 3.23. The number of benzene rings is 1. The number of aliphatic carboxylic acids is 2. The summed E-state index contributed by atoms with van der Waals surface area (Å²) in [4.78, 5) is 37.8. The van der Waals surface area contributed by atoms with E-state index in [2.05, 4.69) is 30.2 Å². The summed E-state index contributed by atoms with van der Waals surface area (Å²) in [5, 5.41) is 30.8. The van der Waals surface area contributed by atoms with Crippen molar-refractivity contribution in [1.82, 2.24) is 20.3 Å². The monoisotopic (exact) mass is 586 g/mol. The van der Waals surface area contributed by atoms with Crippen LogP contribution >= 0.6 is 11.6 Å². The van der Waals surface area contributed by atoms with Crippen molar-refractivity contribution in [3.63, 3.8) is 0 Å². The second-order valence-electron chi connectivity index (χ2n) is 8.42. The van der Waals surface area contributed by atoms with E-state index in [0.717, 1.165) is 32.0 Å². The van der Waals surface area contributed by atoms with Crippen LogP contribution in [0.3, 0.4) is 0 Å². The number of aromatic nitrogens is 3. The van der Waals surface area contributed by atoms with Crippen molar-refractivity contribution in [2.45, 2.75) is 25.4 Å². The predicted molar refractivity (Wildman–Crippen MR) is 140 cm³/mol. The first-order valence-electron chi connectivity index (χ1n) is 12.0. The fourth-order valence-corrected chi connectivity index (χ4v) is 3.81. The van der Waals surface area contributed by atoms with Gasteiger partial charge in [-0.1, -0.05) is 11.6 Å². The standard InChI is InChI=1S/C22H25ClN6O4.C2HF3O2/c23-16-5-4-14(11-17(16)33-10-2-1-3-18(30)31)25-12-15-19-20(28-22(15)32)26-13-27-21(19)29-8-6-24-7-9-29;3-2(4,5)1(6)7/h4-5,11-13,24,32H,1-3,6-10H2,(H,30,31)(H,26,27,28);(H,6,7). The Hall–Kier alpha value is -4.11. The van der Waals surface area contributed by atoms with E-state index >= 15 is 0 Å². The number of carboxylic acid groups (broad SMARTS) is 2. The Morgan fingerprint density at radius 2 is 1.88 bits per heavy atom. The molecule has 0 amide bonds. The molecule has 4 rings (SSSR count). The molecule has 216 valence electrons. The van der Waals surface area contributed by atoms with Gasteiger partial charge in [0, 0.05) is 44.9 Å². The van der Waals surface area contributed by atoms with Crippen molar-refractivity contribution in [2.24, 2.45) is 4.99 Å². The van der Waals surface area contributed by atoms with E-state index in [9.17, 15) is 23.1 Å². The Morgan fingerprint density at radius 1 is 1.18 bits per heavy atom. The lowest BCUT2D eigenvalue weighted by atomic mass is 10.2. The van der Waals surface area contributed by atoms with Gasteiger partial charge in [0.1, 0.15) is 23.5 Å². The van der Waals surface area contributed by atoms with Crippen LogP contribution in [0.4, 0.5) is 24.7 Å². The molecule has 0 aliphatic carbocycles. The smallest absolute Gasteiger partial charge is 0.490 e. The molecule has 1 aromatic carbocycles. The molecule has 1 fully saturated rings. The number of aromatic amines is 1. The van der Waals surface area contributed by atoms with Gasteiger partial charge in [-0.25, -0.2) is 14.8 Å². The summed E-state index contributed by atoms with van der Waals surface area (Å²) in [5.41, 5.74) is 1.64. The lowest BCUT2D eigenvalue weighted by Crippen LogP contribution is -2.44. The molecule has 40 heavy (non-hydrogen) atoms. The van der Waals surface area contributed by atoms with E-state index in [1.54, 1.807) is 24.4 Å². The Morgan fingerprint density at radius 3 is 2.52 bits per heavy atom. The third kappa shape index (κ3) is 8.44. The number of unbranched alkanes of at least 4 members (excludes halogenated alkanes) is 1. The van der Waals surface area contributed by atoms with Crippen LogP contribution in [0.2, 0.25) is 5.02 Å². The second-order valence-corrected chi connectivity index (χ2v) is 8.83. The molecule has 12 nitrogen and oxygen atoms in total. The molecule has 0 unspecified atom stereocenters. The van der Waals surface area contributed by atoms with Gasteiger partial charge in [-0.2, -0.15) is 13.2 Å². The highest BCUT2D eigenvalue weighted by Crippen LogP contribution is 2.33. The SMILES string of the molecule is O=C(O)C(F)(F)F.O=C(O)CCCCOc1cc(N=Cc2c(O)[nH]c3ncnc(N4CCNCC4)c23)ccc1Cl. The van der Waals surface area contributed by atoms with Crippen molar-refractivity contribution < 1.29 is 42.8 Å². The number of aliphatic imine (C=N–C) groups is 1. The van der Waals surface area contributed by atoms with Gasteiger partial charge >= 0.3 is 18.1 Å². The first kappa shape index (κ1) is 30.4. The molecular formula is C24H26ClF3N6O6. The van der Waals surface area contributed by atoms with Gasteiger partial charge in [0.25, 0.3) is 0 Å². The lowest BCUT2D eigenvalue weighted by Gasteiger charge is -2.28. The molecule has 1 aliphatic rings. The van der Waals surface area contributed by atoms with E-state index in [4.69, 9.17) is 31.3 Å². The summed E-state index contributed by atoms with van der Waals surface area (Å²) in [5.74, 6) is -2.40. The number of carboxylic acids is 2. The molecule has 2 aromatic heterocycles. The van der Waals surface area contributed by atoms with Crippen molar-refractivity contribution >= 4 is 52.3 Å². The van der Waals surface area contributed by atoms with E-state index in [-0.39, 0.29) is 12.3 Å². The summed E-state index contributed by atoms with van der Waals surface area (Å²) in [6, 6.07) is 5.14. The Kier molecular flexibility index (Phi) is 10.5. The maximum atomic E-state index is 10.6. The van der Waals surface area contributed by atoms with E-state index in [1.807, 2.05) is 0 Å². The largest absolute Gasteiger partial charge is 0.494 e. The maximum absolute atomic E-state index is 10.6. The fraction of sp³-hybridized carbons (Fsp3) is 0.375. The van der Waals surface area contributed by atoms with Crippen LogP contribution < -0.4 is 15.0 Å². The number of H-pyrrole nitrogens is 1. The van der Waals surface area contributed by atoms with Gasteiger partial charge in [0.2, 0.25) is 0 Å². The first-order valence-corrected chi connectivity index (χ1v) is 12.3. The number of hydrogen-bond acceptors (Lipinski definition) is 9. The Balaban J connectivity index is 0.000000559. The zero-order chi connectivity index (χ0) is 29.3. The maximum Gasteiger partial charge on any atom is 0.490 e. The quantitative estimate of drug-likeness (QED) is 0.183. The van der Waals surface area contributed by atoms with Gasteiger partial charge < -0.3 is 35.3 Å². The van der Waals surface area contributed by atoms with Crippen LogP contribution in [0, 0.1) is 0 Å². The number of fused-ring (bicyclic) bond motifs is 1. The minimum atomic E-state index is -5.08. The van der Waals surface area contributed by atoms with Crippen LogP contribution in [-0.2, 0) is 9.59 Å². The minimum absolute atomic E-state index is 0.0329. The van der Waals surface area contributed by atoms with E-state index in [1.165, 1.54) is 6.33 Å². The van der Waals surface area contributed by atoms with E-state index < -0.39 is 18.1 Å². The number of alkyl halides is 3. The van der Waals surface area contributed by atoms with Gasteiger partial charge in [-0.3, -0.25) is 9.79 Å². The number of rotatable bonds is 9. The summed E-state index contributed by atoms with van der Waals surface area (Å²) >= 11 is 6.23. The van der Waals surface area contributed by atoms with Gasteiger partial charge in [0.05, 0.1) is 28.3 Å². The molecule has 1 saturated heterocycles. The average molecular weight is 587 g/mol. The highest BCUT2D eigenvalue weighted by molar-refractivity contribution is 6.32. The number of carbonyl (C=O) groups is 2. The number of piperazine rings is 1. The van der Waals surface area contributed by atoms with Crippen LogP contribution in [0.15, 0.2) is 29.5 Å². The second kappa shape index (κ2) is 13.8. The molecule has 1 aliphatic heterocycles. The molecule has 0 bridgehead atoms. The number of anilines is 1. The van der Waals surface area contributed by atoms with Gasteiger partial charge in [0.15, 0.2) is 5.88 Å². The summed E-state index contributed by atoms with van der Waals surface area (Å²) < 4.78 is 37.4. The van der Waals surface area contributed by atoms with Crippen molar-refractivity contribution in [3.05, 3.63) is 35.1 Å². The zero-order valence-electron chi connectivity index (χ0n) is 20.9. The number of aromatic hydroxyl groups is 1. The first-order chi connectivity index (χ1) is 19.0. The molecule has 0 spiro atoms. The Labute approximate surface area is 230 Å². The molecule has 3 heterocycles. The topological polar surface area (TPSA) is 173 Å². The van der Waals surface area contributed by atoms with Gasteiger partial charge in [-0.15, -0.1) is 0 Å². The van der Waals surface area contributed by atoms with Crippen LogP contribution in [0.25, 0.3) is 11.0 Å². The van der Waals surface area contributed by atoms with Crippen molar-refractivity contribution in [3.8, 4) is 11.6 Å². The molecule has 0 saturated carbocycles. The predicted octanol–water partition coefficient (Wildman–Crippen LogP) is 3.74. The lowest BCUT2D eigenvalue weighted by molar-refractivity contribution is -0.192. The number of ether oxygens (including phenoxy) is 1. The fourth-order valence-electron chi connectivity index (χ4n) is 3.64. The minimum Gasteiger partial charge on any atom is -0.494 e. The number of halogens is 4. The molecule has 5 N–H and O–H groups in total. The van der Waals surface area contributed by atoms with Crippen LogP contribution in [0.1, 0.15) is 24.8 Å². The molecule has 0 radical (unpaired) electrons. The van der Waals surface area contributed by atoms with Crippen molar-refractivity contribution in [2.75, 3.05) is 37.7 Å². The molecule has 3 aromatic rings. The zero-order valence-corrected chi connectivity index (χ0v) is 21.7. The normalized spacial score (nSPS) is 13.8. The summed E-state index contributed by atoms with van der Waals surface area (Å²) in [6.45, 7) is 3.68. The van der Waals surface area contributed by atoms with Crippen molar-refractivity contribution in [1.29, 1.82) is 0 Å². The highest BCUT2D eigenvalue weighted by Gasteiger charge is 2.38. The molecule has 16 heteroatoms. The number of nitrogens with one attached hydrogen (secondary N) is 2. The molecular weight excluding hydrogens is 561 g/mol. The number of nitrogens with zero attached hydrogens (tertiary/aromatic N) is 4. The number of hydrogen-bond donors (Lipinski definition) is 5. The van der Waals surface area contributed by atoms with Crippen LogP contribution in [-0.4, -0.2) is 87.4 Å². The van der Waals surface area contributed by atoms with E-state index in [0.29, 0.717) is 52.5 Å². The molecule has 0 atom stereocenters.